The molecule has 0 fully saturated rings. The first-order chi connectivity index (χ1) is 16.4. The topological polar surface area (TPSA) is 122 Å². The minimum atomic E-state index is -3.56. The second-order valence-corrected chi connectivity index (χ2v) is 11.0. The number of hydrogen-bond acceptors (Lipinski definition) is 7. The van der Waals surface area contributed by atoms with Crippen LogP contribution in [0.25, 0.3) is 0 Å². The summed E-state index contributed by atoms with van der Waals surface area (Å²) in [5.41, 5.74) is 2.87. The zero-order valence-electron chi connectivity index (χ0n) is 20.3. The number of sulfonamides is 1. The lowest BCUT2D eigenvalue weighted by molar-refractivity contribution is -0.890. The molecule has 11 heteroatoms. The number of carbonyl (C=O) groups is 1. The lowest BCUT2D eigenvalue weighted by Crippen LogP contribution is -2.43. The number of aliphatic carboxylic acids is 1. The van der Waals surface area contributed by atoms with E-state index >= 15 is 0 Å². The van der Waals surface area contributed by atoms with Crippen molar-refractivity contribution in [1.82, 2.24) is 4.72 Å². The van der Waals surface area contributed by atoms with Gasteiger partial charge in [0, 0.05) is 36.9 Å². The maximum Gasteiger partial charge on any atom is 0.240 e. The molecular weight excluding hydrogens is 492 g/mol. The van der Waals surface area contributed by atoms with Gasteiger partial charge in [0.2, 0.25) is 10.0 Å². The molecule has 1 aliphatic heterocycles. The van der Waals surface area contributed by atoms with Crippen molar-refractivity contribution in [3.8, 4) is 0 Å². The highest BCUT2D eigenvalue weighted by Crippen LogP contribution is 2.24. The van der Waals surface area contributed by atoms with Crippen LogP contribution in [0, 0.1) is 0 Å². The average Bonchev–Trinajstić information content (AvgIpc) is 3.27. The molecule has 0 saturated heterocycles. The van der Waals surface area contributed by atoms with E-state index in [1.165, 1.54) is 0 Å². The molecule has 192 valence electrons. The van der Waals surface area contributed by atoms with Gasteiger partial charge in [-0.05, 0) is 48.9 Å². The summed E-state index contributed by atoms with van der Waals surface area (Å²) in [4.78, 5) is 9.13. The fraction of sp³-hybridized carbons (Fsp3) is 0.417. The summed E-state index contributed by atoms with van der Waals surface area (Å²) < 4.78 is 28.5. The summed E-state index contributed by atoms with van der Waals surface area (Å²) in [5.74, 6) is -1.08. The SMILES string of the molecule is CC(=O)[O-].C[N+](C)(CCO)CCCNS(=O)(=O)c1ccc(N2CCC(c3ccc(Cl)cc3)=N2)cc1. The Bertz CT molecular complexity index is 1100. The number of benzene rings is 2. The van der Waals surface area contributed by atoms with Crippen LogP contribution in [0.3, 0.4) is 0 Å². The van der Waals surface area contributed by atoms with Crippen LogP contribution >= 0.6 is 11.6 Å². The summed E-state index contributed by atoms with van der Waals surface area (Å²) in [6, 6.07) is 14.4. The zero-order chi connectivity index (χ0) is 26.1. The van der Waals surface area contributed by atoms with Gasteiger partial charge in [-0.3, -0.25) is 5.01 Å². The van der Waals surface area contributed by atoms with E-state index in [-0.39, 0.29) is 11.5 Å². The summed E-state index contributed by atoms with van der Waals surface area (Å²) >= 11 is 5.95. The first-order valence-corrected chi connectivity index (χ1v) is 13.1. The predicted octanol–water partition coefficient (Wildman–Crippen LogP) is 1.45. The van der Waals surface area contributed by atoms with Gasteiger partial charge in [0.25, 0.3) is 0 Å². The van der Waals surface area contributed by atoms with Crippen molar-refractivity contribution in [1.29, 1.82) is 0 Å². The molecular formula is C24H33ClN4O5S. The van der Waals surface area contributed by atoms with Crippen LogP contribution in [0.2, 0.25) is 5.02 Å². The number of anilines is 1. The Morgan fingerprint density at radius 1 is 1.14 bits per heavy atom. The molecule has 0 amide bonds. The number of hydrazone groups is 1. The molecule has 0 unspecified atom stereocenters. The normalized spacial score (nSPS) is 13.7. The third-order valence-corrected chi connectivity index (χ3v) is 7.09. The second-order valence-electron chi connectivity index (χ2n) is 8.77. The number of quaternary nitrogens is 1. The van der Waals surface area contributed by atoms with Crippen molar-refractivity contribution in [3.63, 3.8) is 0 Å². The lowest BCUT2D eigenvalue weighted by atomic mass is 10.1. The van der Waals surface area contributed by atoms with Crippen LogP contribution in [0.4, 0.5) is 5.69 Å². The Balaban J connectivity index is 0.00000100. The molecule has 0 spiro atoms. The molecule has 0 radical (unpaired) electrons. The Morgan fingerprint density at radius 2 is 1.74 bits per heavy atom. The van der Waals surface area contributed by atoms with Gasteiger partial charge in [0.05, 0.1) is 43.5 Å². The Hall–Kier alpha value is -2.50. The van der Waals surface area contributed by atoms with Gasteiger partial charge in [-0.15, -0.1) is 0 Å². The molecule has 0 bridgehead atoms. The van der Waals surface area contributed by atoms with Gasteiger partial charge in [0.15, 0.2) is 0 Å². The van der Waals surface area contributed by atoms with E-state index in [1.54, 1.807) is 24.3 Å². The Labute approximate surface area is 212 Å². The van der Waals surface area contributed by atoms with E-state index < -0.39 is 16.0 Å². The lowest BCUT2D eigenvalue weighted by Gasteiger charge is -2.28. The first-order valence-electron chi connectivity index (χ1n) is 11.2. The molecule has 2 aromatic carbocycles. The third kappa shape index (κ3) is 9.58. The number of halogens is 1. The van der Waals surface area contributed by atoms with Crippen LogP contribution in [-0.2, 0) is 14.8 Å². The molecule has 2 N–H and O–H groups in total. The van der Waals surface area contributed by atoms with Gasteiger partial charge >= 0.3 is 0 Å². The maximum atomic E-state index is 12.6. The summed E-state index contributed by atoms with van der Waals surface area (Å²) in [7, 11) is 0.471. The number of carbonyl (C=O) groups excluding carboxylic acids is 1. The van der Waals surface area contributed by atoms with E-state index in [4.69, 9.17) is 26.6 Å². The van der Waals surface area contributed by atoms with Crippen LogP contribution in [0.5, 0.6) is 0 Å². The van der Waals surface area contributed by atoms with Crippen LogP contribution in [-0.4, -0.2) is 76.6 Å². The van der Waals surface area contributed by atoms with Gasteiger partial charge in [-0.25, -0.2) is 13.1 Å². The molecule has 0 aromatic heterocycles. The number of likely N-dealkylation sites (N-methyl/N-ethyl adjacent to an activating group) is 1. The predicted molar refractivity (Wildman–Crippen MR) is 136 cm³/mol. The van der Waals surface area contributed by atoms with Crippen molar-refractivity contribution >= 4 is 39.0 Å². The second kappa shape index (κ2) is 13.0. The van der Waals surface area contributed by atoms with E-state index in [0.29, 0.717) is 29.0 Å². The fourth-order valence-corrected chi connectivity index (χ4v) is 4.67. The number of nitrogens with zero attached hydrogens (tertiary/aromatic N) is 3. The Kier molecular flexibility index (Phi) is 10.7. The molecule has 1 aliphatic rings. The molecule has 35 heavy (non-hydrogen) atoms. The molecule has 0 saturated carbocycles. The highest BCUT2D eigenvalue weighted by Gasteiger charge is 2.20. The van der Waals surface area contributed by atoms with Crippen molar-refractivity contribution in [2.45, 2.75) is 24.7 Å². The van der Waals surface area contributed by atoms with Crippen LogP contribution in [0.1, 0.15) is 25.3 Å². The van der Waals surface area contributed by atoms with Crippen LogP contribution < -0.4 is 14.8 Å². The molecule has 0 atom stereocenters. The van der Waals surface area contributed by atoms with Crippen molar-refractivity contribution < 1.29 is 27.9 Å². The molecule has 0 aliphatic carbocycles. The smallest absolute Gasteiger partial charge is 0.240 e. The van der Waals surface area contributed by atoms with E-state index in [1.807, 2.05) is 43.4 Å². The number of carboxylic acids is 1. The zero-order valence-corrected chi connectivity index (χ0v) is 21.8. The van der Waals surface area contributed by atoms with Gasteiger partial charge in [0.1, 0.15) is 6.54 Å². The van der Waals surface area contributed by atoms with Gasteiger partial charge < -0.3 is 19.5 Å². The number of rotatable bonds is 10. The first kappa shape index (κ1) is 28.7. The minimum absolute atomic E-state index is 0.118. The minimum Gasteiger partial charge on any atom is -0.550 e. The summed E-state index contributed by atoms with van der Waals surface area (Å²) in [5, 5.41) is 25.2. The quantitative estimate of drug-likeness (QED) is 0.358. The van der Waals surface area contributed by atoms with Crippen molar-refractivity contribution in [2.24, 2.45) is 5.10 Å². The number of nitrogens with one attached hydrogen (secondary N) is 1. The van der Waals surface area contributed by atoms with Gasteiger partial charge in [-0.1, -0.05) is 23.7 Å². The number of aliphatic hydroxyl groups excluding tert-OH is 1. The standard InChI is InChI=1S/C22H30ClN4O3S.C2H4O2/c1-27(2,16-17-28)15-3-13-24-31(29,30)21-10-8-20(9-11-21)26-14-12-22(25-26)18-4-6-19(23)7-5-18;1-2(3)4/h4-11,24,28H,3,12-17H2,1-2H3;1H3,(H,3,4)/q+1;/p-1. The maximum absolute atomic E-state index is 12.6. The van der Waals surface area contributed by atoms with Gasteiger partial charge in [-0.2, -0.15) is 5.10 Å². The number of hydrogen-bond donors (Lipinski definition) is 2. The van der Waals surface area contributed by atoms with E-state index in [9.17, 15) is 8.42 Å². The molecule has 9 nitrogen and oxygen atoms in total. The summed E-state index contributed by atoms with van der Waals surface area (Å²) in [6.07, 6.45) is 1.51. The van der Waals surface area contributed by atoms with Crippen molar-refractivity contribution in [3.05, 3.63) is 59.1 Å². The monoisotopic (exact) mass is 524 g/mol. The largest absolute Gasteiger partial charge is 0.550 e. The highest BCUT2D eigenvalue weighted by atomic mass is 35.5. The van der Waals surface area contributed by atoms with E-state index in [2.05, 4.69) is 9.82 Å². The Morgan fingerprint density at radius 3 is 2.31 bits per heavy atom. The molecule has 2 aromatic rings. The highest BCUT2D eigenvalue weighted by molar-refractivity contribution is 7.89. The third-order valence-electron chi connectivity index (χ3n) is 5.36. The number of carboxylic acid groups (broad SMARTS) is 1. The van der Waals surface area contributed by atoms with E-state index in [0.717, 1.165) is 43.4 Å². The number of aliphatic hydroxyl groups is 1. The fourth-order valence-electron chi connectivity index (χ4n) is 3.47. The summed E-state index contributed by atoms with van der Waals surface area (Å²) in [6.45, 7) is 3.62. The van der Waals surface area contributed by atoms with Crippen molar-refractivity contribution in [2.75, 3.05) is 51.9 Å². The molecule has 1 heterocycles. The van der Waals surface area contributed by atoms with Crippen LogP contribution in [0.15, 0.2) is 58.5 Å². The average molecular weight is 525 g/mol. The molecule has 3 rings (SSSR count).